The van der Waals surface area contributed by atoms with Crippen LogP contribution in [0.1, 0.15) is 15.2 Å². The van der Waals surface area contributed by atoms with E-state index in [-0.39, 0.29) is 5.91 Å². The molecular formula is C15H22N4OS. The molecule has 0 saturated carbocycles. The van der Waals surface area contributed by atoms with Crippen LogP contribution in [0.15, 0.2) is 11.4 Å². The molecule has 6 heteroatoms. The number of carbonyl (C=O) groups is 1. The Hall–Kier alpha value is -1.39. The fourth-order valence-electron chi connectivity index (χ4n) is 2.29. The van der Waals surface area contributed by atoms with Gasteiger partial charge in [-0.2, -0.15) is 0 Å². The SMILES string of the molecule is CN1CCN(C)C(CNC(=O)c2csc(C#CCN)c2)C1. The summed E-state index contributed by atoms with van der Waals surface area (Å²) in [4.78, 5) is 17.6. The van der Waals surface area contributed by atoms with Crippen LogP contribution in [0.4, 0.5) is 0 Å². The van der Waals surface area contributed by atoms with Crippen molar-refractivity contribution in [3.05, 3.63) is 21.9 Å². The molecule has 1 aliphatic heterocycles. The summed E-state index contributed by atoms with van der Waals surface area (Å²) in [6.45, 7) is 4.09. The number of carbonyl (C=O) groups excluding carboxylic acids is 1. The lowest BCUT2D eigenvalue weighted by atomic mass is 10.2. The molecule has 1 unspecified atom stereocenters. The summed E-state index contributed by atoms with van der Waals surface area (Å²) in [7, 11) is 4.22. The molecule has 5 nitrogen and oxygen atoms in total. The van der Waals surface area contributed by atoms with Crippen LogP contribution in [0.5, 0.6) is 0 Å². The maximum Gasteiger partial charge on any atom is 0.252 e. The van der Waals surface area contributed by atoms with Gasteiger partial charge in [-0.15, -0.1) is 11.3 Å². The highest BCUT2D eigenvalue weighted by atomic mass is 32.1. The molecule has 21 heavy (non-hydrogen) atoms. The van der Waals surface area contributed by atoms with Gasteiger partial charge in [0, 0.05) is 37.6 Å². The highest BCUT2D eigenvalue weighted by Crippen LogP contribution is 2.13. The van der Waals surface area contributed by atoms with Gasteiger partial charge in [0.05, 0.1) is 17.0 Å². The predicted molar refractivity (Wildman–Crippen MR) is 86.5 cm³/mol. The molecule has 114 valence electrons. The summed E-state index contributed by atoms with van der Waals surface area (Å²) in [5, 5.41) is 4.86. The maximum atomic E-state index is 12.2. The zero-order chi connectivity index (χ0) is 15.2. The molecule has 1 fully saturated rings. The molecule has 1 saturated heterocycles. The number of hydrogen-bond donors (Lipinski definition) is 2. The number of hydrogen-bond acceptors (Lipinski definition) is 5. The van der Waals surface area contributed by atoms with Crippen molar-refractivity contribution >= 4 is 17.2 Å². The third-order valence-corrected chi connectivity index (χ3v) is 4.50. The van der Waals surface area contributed by atoms with E-state index in [1.807, 2.05) is 11.4 Å². The number of nitrogens with two attached hydrogens (primary N) is 1. The first-order valence-electron chi connectivity index (χ1n) is 7.04. The van der Waals surface area contributed by atoms with Gasteiger partial charge in [0.25, 0.3) is 5.91 Å². The monoisotopic (exact) mass is 306 g/mol. The smallest absolute Gasteiger partial charge is 0.252 e. The Morgan fingerprint density at radius 3 is 3.10 bits per heavy atom. The molecular weight excluding hydrogens is 284 g/mol. The van der Waals surface area contributed by atoms with E-state index in [2.05, 4.69) is 41.1 Å². The van der Waals surface area contributed by atoms with Crippen LogP contribution in [0, 0.1) is 11.8 Å². The number of likely N-dealkylation sites (N-methyl/N-ethyl adjacent to an activating group) is 2. The molecule has 2 rings (SSSR count). The van der Waals surface area contributed by atoms with Gasteiger partial charge in [-0.3, -0.25) is 9.69 Å². The molecule has 1 atom stereocenters. The first-order chi connectivity index (χ1) is 10.1. The molecule has 2 heterocycles. The lowest BCUT2D eigenvalue weighted by Gasteiger charge is -2.37. The second kappa shape index (κ2) is 7.57. The van der Waals surface area contributed by atoms with Crippen LogP contribution in [0.2, 0.25) is 0 Å². The summed E-state index contributed by atoms with van der Waals surface area (Å²) < 4.78 is 0. The lowest BCUT2D eigenvalue weighted by molar-refractivity contribution is 0.0881. The summed E-state index contributed by atoms with van der Waals surface area (Å²) >= 11 is 1.47. The van der Waals surface area contributed by atoms with Crippen molar-refractivity contribution in [2.24, 2.45) is 5.73 Å². The third-order valence-electron chi connectivity index (χ3n) is 3.65. The maximum absolute atomic E-state index is 12.2. The average Bonchev–Trinajstić information content (AvgIpc) is 2.94. The van der Waals surface area contributed by atoms with Crippen molar-refractivity contribution in [2.45, 2.75) is 6.04 Å². The minimum atomic E-state index is -0.0336. The van der Waals surface area contributed by atoms with Crippen LogP contribution in [0.25, 0.3) is 0 Å². The number of piperazine rings is 1. The Kier molecular flexibility index (Phi) is 5.76. The second-order valence-electron chi connectivity index (χ2n) is 5.31. The average molecular weight is 306 g/mol. The third kappa shape index (κ3) is 4.55. The van der Waals surface area contributed by atoms with E-state index in [4.69, 9.17) is 5.73 Å². The zero-order valence-corrected chi connectivity index (χ0v) is 13.4. The molecule has 0 spiro atoms. The summed E-state index contributed by atoms with van der Waals surface area (Å²) in [6, 6.07) is 2.18. The van der Waals surface area contributed by atoms with Crippen molar-refractivity contribution in [3.63, 3.8) is 0 Å². The number of rotatable bonds is 3. The number of nitrogens with one attached hydrogen (secondary N) is 1. The molecule has 1 aromatic heterocycles. The van der Waals surface area contributed by atoms with Crippen molar-refractivity contribution in [1.82, 2.24) is 15.1 Å². The van der Waals surface area contributed by atoms with Gasteiger partial charge < -0.3 is 16.0 Å². The summed E-state index contributed by atoms with van der Waals surface area (Å²) in [5.41, 5.74) is 6.01. The van der Waals surface area contributed by atoms with Crippen molar-refractivity contribution in [3.8, 4) is 11.8 Å². The molecule has 1 amide bonds. The molecule has 0 aromatic carbocycles. The largest absolute Gasteiger partial charge is 0.350 e. The Labute approximate surface area is 130 Å². The van der Waals surface area contributed by atoms with Crippen molar-refractivity contribution in [1.29, 1.82) is 0 Å². The molecule has 1 aromatic rings. The van der Waals surface area contributed by atoms with E-state index >= 15 is 0 Å². The van der Waals surface area contributed by atoms with Crippen LogP contribution in [-0.4, -0.2) is 68.6 Å². The molecule has 0 bridgehead atoms. The van der Waals surface area contributed by atoms with E-state index in [9.17, 15) is 4.79 Å². The minimum Gasteiger partial charge on any atom is -0.350 e. The first kappa shape index (κ1) is 16.0. The number of nitrogens with zero attached hydrogens (tertiary/aromatic N) is 2. The van der Waals surface area contributed by atoms with Gasteiger partial charge >= 0.3 is 0 Å². The van der Waals surface area contributed by atoms with Gasteiger partial charge in [0.1, 0.15) is 0 Å². The van der Waals surface area contributed by atoms with Crippen molar-refractivity contribution in [2.75, 3.05) is 46.8 Å². The van der Waals surface area contributed by atoms with Crippen LogP contribution in [-0.2, 0) is 0 Å². The minimum absolute atomic E-state index is 0.0336. The summed E-state index contributed by atoms with van der Waals surface area (Å²) in [5.74, 6) is 5.71. The Morgan fingerprint density at radius 2 is 2.33 bits per heavy atom. The molecule has 0 radical (unpaired) electrons. The lowest BCUT2D eigenvalue weighted by Crippen LogP contribution is -2.54. The van der Waals surface area contributed by atoms with Gasteiger partial charge in [-0.1, -0.05) is 11.8 Å². The normalized spacial score (nSPS) is 19.9. The standard InChI is InChI=1S/C15H22N4OS/c1-18-6-7-19(2)13(10-18)9-17-15(20)12-8-14(21-11-12)4-3-5-16/h8,11,13H,5-7,9-10,16H2,1-2H3,(H,17,20). The summed E-state index contributed by atoms with van der Waals surface area (Å²) in [6.07, 6.45) is 0. The predicted octanol–water partition coefficient (Wildman–Crippen LogP) is 0.0339. The van der Waals surface area contributed by atoms with Crippen LogP contribution in [0.3, 0.4) is 0 Å². The second-order valence-corrected chi connectivity index (χ2v) is 6.22. The van der Waals surface area contributed by atoms with Gasteiger partial charge in [0.15, 0.2) is 0 Å². The molecule has 0 aliphatic carbocycles. The first-order valence-corrected chi connectivity index (χ1v) is 7.92. The van der Waals surface area contributed by atoms with E-state index < -0.39 is 0 Å². The number of amides is 1. The van der Waals surface area contributed by atoms with E-state index in [0.717, 1.165) is 24.5 Å². The van der Waals surface area contributed by atoms with Crippen LogP contribution >= 0.6 is 11.3 Å². The van der Waals surface area contributed by atoms with Gasteiger partial charge in [0.2, 0.25) is 0 Å². The zero-order valence-electron chi connectivity index (χ0n) is 12.6. The quantitative estimate of drug-likeness (QED) is 0.774. The Balaban J connectivity index is 1.88. The molecule has 1 aliphatic rings. The van der Waals surface area contributed by atoms with E-state index in [0.29, 0.717) is 24.7 Å². The Morgan fingerprint density at radius 1 is 1.52 bits per heavy atom. The Bertz CT molecular complexity index is 545. The highest BCUT2D eigenvalue weighted by Gasteiger charge is 2.22. The molecule has 3 N–H and O–H groups in total. The van der Waals surface area contributed by atoms with Gasteiger partial charge in [-0.05, 0) is 20.2 Å². The topological polar surface area (TPSA) is 61.6 Å². The fourth-order valence-corrected chi connectivity index (χ4v) is 3.05. The fraction of sp³-hybridized carbons (Fsp3) is 0.533. The number of thiophene rings is 1. The van der Waals surface area contributed by atoms with Crippen LogP contribution < -0.4 is 11.1 Å². The highest BCUT2D eigenvalue weighted by molar-refractivity contribution is 7.10. The van der Waals surface area contributed by atoms with E-state index in [1.165, 1.54) is 11.3 Å². The van der Waals surface area contributed by atoms with Gasteiger partial charge in [-0.25, -0.2) is 0 Å². The van der Waals surface area contributed by atoms with E-state index in [1.54, 1.807) is 0 Å². The van der Waals surface area contributed by atoms with Crippen molar-refractivity contribution < 1.29 is 4.79 Å².